The number of anilines is 2. The molecule has 2 rings (SSSR count). The van der Waals surface area contributed by atoms with Gasteiger partial charge in [0, 0.05) is 24.8 Å². The second-order valence-corrected chi connectivity index (χ2v) is 4.20. The molecule has 0 atom stereocenters. The number of nitrogen functional groups attached to an aromatic ring is 1. The lowest BCUT2D eigenvalue weighted by molar-refractivity contribution is 0.342. The molecule has 0 amide bonds. The van der Waals surface area contributed by atoms with Gasteiger partial charge in [-0.05, 0) is 38.3 Å². The van der Waals surface area contributed by atoms with Crippen molar-refractivity contribution in [2.24, 2.45) is 0 Å². The summed E-state index contributed by atoms with van der Waals surface area (Å²) in [5, 5.41) is 0. The Bertz CT molecular complexity index is 346. The van der Waals surface area contributed by atoms with E-state index in [1.54, 1.807) is 0 Å². The Balaban J connectivity index is 2.17. The van der Waals surface area contributed by atoms with E-state index in [-0.39, 0.29) is 0 Å². The molecule has 1 fully saturated rings. The summed E-state index contributed by atoms with van der Waals surface area (Å²) in [6, 6.07) is 6.09. The Morgan fingerprint density at radius 3 is 2.69 bits per heavy atom. The molecule has 1 saturated heterocycles. The molecule has 0 radical (unpaired) electrons. The van der Waals surface area contributed by atoms with Crippen LogP contribution in [0.4, 0.5) is 11.4 Å². The maximum absolute atomic E-state index is 5.86. The lowest BCUT2D eigenvalue weighted by atomic mass is 10.1. The molecule has 0 bridgehead atoms. The highest BCUT2D eigenvalue weighted by Gasteiger charge is 2.12. The highest BCUT2D eigenvalue weighted by molar-refractivity contribution is 5.62. The van der Waals surface area contributed by atoms with Crippen LogP contribution >= 0.6 is 0 Å². The van der Waals surface area contributed by atoms with E-state index in [9.17, 15) is 0 Å². The zero-order valence-electron chi connectivity index (χ0n) is 9.91. The fourth-order valence-corrected chi connectivity index (χ4v) is 2.15. The van der Waals surface area contributed by atoms with Crippen LogP contribution < -0.4 is 15.4 Å². The van der Waals surface area contributed by atoms with Gasteiger partial charge in [-0.15, -0.1) is 0 Å². The molecule has 3 nitrogen and oxygen atoms in total. The average molecular weight is 220 g/mol. The molecule has 3 heteroatoms. The summed E-state index contributed by atoms with van der Waals surface area (Å²) in [4.78, 5) is 2.41. The minimum atomic E-state index is 0.660. The van der Waals surface area contributed by atoms with E-state index in [1.165, 1.54) is 24.9 Å². The van der Waals surface area contributed by atoms with Gasteiger partial charge in [-0.2, -0.15) is 0 Å². The van der Waals surface area contributed by atoms with E-state index in [1.807, 2.05) is 13.0 Å². The van der Waals surface area contributed by atoms with Crippen LogP contribution in [0.5, 0.6) is 5.75 Å². The third-order valence-corrected chi connectivity index (χ3v) is 3.02. The maximum Gasteiger partial charge on any atom is 0.144 e. The van der Waals surface area contributed by atoms with Crippen LogP contribution in [0.25, 0.3) is 0 Å². The zero-order chi connectivity index (χ0) is 11.4. The van der Waals surface area contributed by atoms with Gasteiger partial charge < -0.3 is 15.4 Å². The van der Waals surface area contributed by atoms with Crippen molar-refractivity contribution in [3.8, 4) is 5.75 Å². The molecule has 0 aliphatic carbocycles. The molecule has 1 aromatic carbocycles. The molecule has 0 unspecified atom stereocenters. The van der Waals surface area contributed by atoms with Crippen LogP contribution in [0.2, 0.25) is 0 Å². The first kappa shape index (κ1) is 11.1. The van der Waals surface area contributed by atoms with Crippen LogP contribution in [0, 0.1) is 0 Å². The number of ether oxygens (including phenoxy) is 1. The first-order chi connectivity index (χ1) is 7.81. The van der Waals surface area contributed by atoms with Crippen LogP contribution in [0.1, 0.15) is 26.2 Å². The van der Waals surface area contributed by atoms with E-state index in [0.29, 0.717) is 6.61 Å². The molecule has 88 valence electrons. The van der Waals surface area contributed by atoms with Gasteiger partial charge in [-0.3, -0.25) is 0 Å². The molecule has 0 aromatic heterocycles. The highest BCUT2D eigenvalue weighted by Crippen LogP contribution is 2.29. The first-order valence-corrected chi connectivity index (χ1v) is 6.08. The van der Waals surface area contributed by atoms with Crippen molar-refractivity contribution in [2.75, 3.05) is 30.3 Å². The highest BCUT2D eigenvalue weighted by atomic mass is 16.5. The van der Waals surface area contributed by atoms with Gasteiger partial charge in [0.2, 0.25) is 0 Å². The summed E-state index contributed by atoms with van der Waals surface area (Å²) >= 11 is 0. The number of rotatable bonds is 3. The van der Waals surface area contributed by atoms with Crippen LogP contribution in [0.3, 0.4) is 0 Å². The van der Waals surface area contributed by atoms with Crippen molar-refractivity contribution in [1.29, 1.82) is 0 Å². The van der Waals surface area contributed by atoms with Crippen molar-refractivity contribution in [3.63, 3.8) is 0 Å². The quantitative estimate of drug-likeness (QED) is 0.796. The Morgan fingerprint density at radius 2 is 2.00 bits per heavy atom. The molecule has 0 saturated carbocycles. The van der Waals surface area contributed by atoms with Gasteiger partial charge in [0.25, 0.3) is 0 Å². The lowest BCUT2D eigenvalue weighted by Crippen LogP contribution is -2.29. The van der Waals surface area contributed by atoms with E-state index in [0.717, 1.165) is 24.5 Å². The van der Waals surface area contributed by atoms with Crippen LogP contribution in [-0.2, 0) is 0 Å². The fourth-order valence-electron chi connectivity index (χ4n) is 2.15. The SMILES string of the molecule is CCOc1cc(N2CCCCC2)ccc1N. The largest absolute Gasteiger partial charge is 0.492 e. The van der Waals surface area contributed by atoms with Crippen LogP contribution in [-0.4, -0.2) is 19.7 Å². The Hall–Kier alpha value is -1.38. The molecule has 1 aliphatic rings. The number of nitrogens with two attached hydrogens (primary N) is 1. The van der Waals surface area contributed by atoms with Gasteiger partial charge >= 0.3 is 0 Å². The monoisotopic (exact) mass is 220 g/mol. The minimum absolute atomic E-state index is 0.660. The van der Waals surface area contributed by atoms with Crippen molar-refractivity contribution in [3.05, 3.63) is 18.2 Å². The standard InChI is InChI=1S/C13H20N2O/c1-2-16-13-10-11(6-7-12(13)14)15-8-4-3-5-9-15/h6-7,10H,2-5,8-9,14H2,1H3. The Kier molecular flexibility index (Phi) is 3.54. The predicted molar refractivity (Wildman–Crippen MR) is 68.1 cm³/mol. The molecule has 2 N–H and O–H groups in total. The number of hydrogen-bond donors (Lipinski definition) is 1. The molecule has 0 spiro atoms. The average Bonchev–Trinajstić information content (AvgIpc) is 2.33. The van der Waals surface area contributed by atoms with E-state index in [2.05, 4.69) is 17.0 Å². The molecule has 1 aliphatic heterocycles. The fraction of sp³-hybridized carbons (Fsp3) is 0.538. The number of piperidine rings is 1. The summed E-state index contributed by atoms with van der Waals surface area (Å²) in [7, 11) is 0. The van der Waals surface area contributed by atoms with Crippen molar-refractivity contribution in [1.82, 2.24) is 0 Å². The molecule has 1 aromatic rings. The zero-order valence-corrected chi connectivity index (χ0v) is 9.91. The third kappa shape index (κ3) is 2.40. The normalized spacial score (nSPS) is 16.2. The Morgan fingerprint density at radius 1 is 1.25 bits per heavy atom. The molecular weight excluding hydrogens is 200 g/mol. The number of hydrogen-bond acceptors (Lipinski definition) is 3. The summed E-state index contributed by atoms with van der Waals surface area (Å²) in [6.07, 6.45) is 3.92. The number of benzene rings is 1. The molecule has 1 heterocycles. The van der Waals surface area contributed by atoms with Gasteiger partial charge in [0.1, 0.15) is 5.75 Å². The van der Waals surface area contributed by atoms with Gasteiger partial charge in [-0.25, -0.2) is 0 Å². The van der Waals surface area contributed by atoms with Crippen LogP contribution in [0.15, 0.2) is 18.2 Å². The van der Waals surface area contributed by atoms with Gasteiger partial charge in [0.15, 0.2) is 0 Å². The van der Waals surface area contributed by atoms with Crippen molar-refractivity contribution < 1.29 is 4.74 Å². The van der Waals surface area contributed by atoms with Gasteiger partial charge in [-0.1, -0.05) is 0 Å². The Labute approximate surface area is 97.2 Å². The topological polar surface area (TPSA) is 38.5 Å². The van der Waals surface area contributed by atoms with Gasteiger partial charge in [0.05, 0.1) is 12.3 Å². The smallest absolute Gasteiger partial charge is 0.144 e. The maximum atomic E-state index is 5.86. The summed E-state index contributed by atoms with van der Waals surface area (Å²) in [6.45, 7) is 4.94. The summed E-state index contributed by atoms with van der Waals surface area (Å²) < 4.78 is 5.52. The second-order valence-electron chi connectivity index (χ2n) is 4.20. The van der Waals surface area contributed by atoms with E-state index in [4.69, 9.17) is 10.5 Å². The van der Waals surface area contributed by atoms with E-state index >= 15 is 0 Å². The number of nitrogens with zero attached hydrogens (tertiary/aromatic N) is 1. The summed E-state index contributed by atoms with van der Waals surface area (Å²) in [5.74, 6) is 0.811. The lowest BCUT2D eigenvalue weighted by Gasteiger charge is -2.29. The summed E-state index contributed by atoms with van der Waals surface area (Å²) in [5.41, 5.74) is 7.82. The minimum Gasteiger partial charge on any atom is -0.492 e. The van der Waals surface area contributed by atoms with Crippen molar-refractivity contribution in [2.45, 2.75) is 26.2 Å². The van der Waals surface area contributed by atoms with Crippen molar-refractivity contribution >= 4 is 11.4 Å². The first-order valence-electron chi connectivity index (χ1n) is 6.08. The molecular formula is C13H20N2O. The predicted octanol–water partition coefficient (Wildman–Crippen LogP) is 2.66. The second kappa shape index (κ2) is 5.10. The molecule has 16 heavy (non-hydrogen) atoms. The van der Waals surface area contributed by atoms with E-state index < -0.39 is 0 Å². The third-order valence-electron chi connectivity index (χ3n) is 3.02.